The Hall–Kier alpha value is -3.68. The van der Waals surface area contributed by atoms with Crippen LogP contribution in [0.3, 0.4) is 0 Å². The van der Waals surface area contributed by atoms with Crippen LogP contribution in [0.4, 0.5) is 4.39 Å². The van der Waals surface area contributed by atoms with Gasteiger partial charge < -0.3 is 19.1 Å². The van der Waals surface area contributed by atoms with Gasteiger partial charge in [-0.3, -0.25) is 4.79 Å². The summed E-state index contributed by atoms with van der Waals surface area (Å²) in [6, 6.07) is 17.0. The molecule has 0 aliphatic carbocycles. The highest BCUT2D eigenvalue weighted by Gasteiger charge is 2.12. The molecule has 8 heteroatoms. The van der Waals surface area contributed by atoms with Gasteiger partial charge in [-0.05, 0) is 36.8 Å². The molecule has 0 amide bonds. The lowest BCUT2D eigenvalue weighted by Crippen LogP contribution is -2.11. The molecule has 1 heterocycles. The van der Waals surface area contributed by atoms with Gasteiger partial charge in [-0.1, -0.05) is 35.5 Å². The van der Waals surface area contributed by atoms with Gasteiger partial charge in [0.15, 0.2) is 0 Å². The van der Waals surface area contributed by atoms with Crippen LogP contribution < -0.4 is 4.74 Å². The highest BCUT2D eigenvalue weighted by Crippen LogP contribution is 2.22. The zero-order chi connectivity index (χ0) is 22.8. The number of aliphatic carboxylic acids is 1. The second kappa shape index (κ2) is 11.6. The molecule has 0 saturated heterocycles. The summed E-state index contributed by atoms with van der Waals surface area (Å²) in [6.45, 7) is 1.44. The van der Waals surface area contributed by atoms with Crippen molar-refractivity contribution in [2.24, 2.45) is 5.16 Å². The van der Waals surface area contributed by atoms with Crippen LogP contribution in [-0.2, 0) is 22.5 Å². The number of rotatable bonds is 12. The Bertz CT molecular complexity index is 1030. The first-order valence-corrected chi connectivity index (χ1v) is 10.2. The van der Waals surface area contributed by atoms with Gasteiger partial charge in [0.25, 0.3) is 0 Å². The molecule has 0 aliphatic heterocycles. The zero-order valence-electron chi connectivity index (χ0n) is 17.8. The number of halogens is 1. The Morgan fingerprint density at radius 1 is 1.12 bits per heavy atom. The average Bonchev–Trinajstić information content (AvgIpc) is 3.16. The van der Waals surface area contributed by atoms with Crippen LogP contribution in [0.5, 0.6) is 5.75 Å². The second-order valence-electron chi connectivity index (χ2n) is 7.06. The highest BCUT2D eigenvalue weighted by atomic mass is 19.1. The van der Waals surface area contributed by atoms with E-state index in [0.717, 1.165) is 22.6 Å². The van der Waals surface area contributed by atoms with E-state index in [2.05, 4.69) is 10.1 Å². The molecule has 1 N–H and O–H groups in total. The number of ether oxygens (including phenoxy) is 1. The number of oxime groups is 1. The number of hydrogen-bond donors (Lipinski definition) is 1. The molecule has 168 valence electrons. The third kappa shape index (κ3) is 6.94. The first-order valence-electron chi connectivity index (χ1n) is 10.2. The summed E-state index contributed by atoms with van der Waals surface area (Å²) in [5.41, 5.74) is 2.94. The molecular weight excluding hydrogens is 415 g/mol. The van der Waals surface area contributed by atoms with Crippen molar-refractivity contribution in [1.29, 1.82) is 0 Å². The first kappa shape index (κ1) is 23.0. The Morgan fingerprint density at radius 3 is 2.56 bits per heavy atom. The van der Waals surface area contributed by atoms with Crippen molar-refractivity contribution in [1.82, 2.24) is 4.98 Å². The normalized spacial score (nSPS) is 11.4. The smallest absolute Gasteiger partial charge is 0.309 e. The molecule has 0 bridgehead atoms. The number of nitrogens with zero attached hydrogens (tertiary/aromatic N) is 2. The van der Waals surface area contributed by atoms with Crippen LogP contribution in [0.15, 0.2) is 64.2 Å². The summed E-state index contributed by atoms with van der Waals surface area (Å²) < 4.78 is 23.7. The largest absolute Gasteiger partial charge is 0.493 e. The van der Waals surface area contributed by atoms with Crippen LogP contribution in [0.25, 0.3) is 11.5 Å². The van der Waals surface area contributed by atoms with Crippen LogP contribution >= 0.6 is 0 Å². The van der Waals surface area contributed by atoms with E-state index >= 15 is 0 Å². The van der Waals surface area contributed by atoms with Crippen molar-refractivity contribution in [3.8, 4) is 17.2 Å². The lowest BCUT2D eigenvalue weighted by atomic mass is 10.1. The monoisotopic (exact) mass is 440 g/mol. The number of hydrogen-bond acceptors (Lipinski definition) is 6. The molecule has 0 aliphatic rings. The second-order valence-corrected chi connectivity index (χ2v) is 7.06. The summed E-state index contributed by atoms with van der Waals surface area (Å²) in [7, 11) is 0. The third-order valence-electron chi connectivity index (χ3n) is 4.57. The topological polar surface area (TPSA) is 94.2 Å². The molecule has 2 aromatic carbocycles. The quantitative estimate of drug-likeness (QED) is 0.251. The Balaban J connectivity index is 1.53. The van der Waals surface area contributed by atoms with E-state index in [-0.39, 0.29) is 13.0 Å². The van der Waals surface area contributed by atoms with Crippen molar-refractivity contribution >= 4 is 11.7 Å². The van der Waals surface area contributed by atoms with Crippen LogP contribution in [-0.4, -0.2) is 41.7 Å². The van der Waals surface area contributed by atoms with Crippen LogP contribution in [0, 0.1) is 6.92 Å². The lowest BCUT2D eigenvalue weighted by Gasteiger charge is -2.08. The van der Waals surface area contributed by atoms with Gasteiger partial charge in [-0.15, -0.1) is 0 Å². The van der Waals surface area contributed by atoms with E-state index < -0.39 is 12.6 Å². The van der Waals surface area contributed by atoms with E-state index in [4.69, 9.17) is 19.1 Å². The van der Waals surface area contributed by atoms with Crippen molar-refractivity contribution < 1.29 is 28.3 Å². The number of carbonyl (C=O) groups is 1. The van der Waals surface area contributed by atoms with Gasteiger partial charge in [-0.25, -0.2) is 9.37 Å². The molecule has 0 atom stereocenters. The summed E-state index contributed by atoms with van der Waals surface area (Å²) in [4.78, 5) is 20.3. The minimum absolute atomic E-state index is 0.201. The molecule has 0 fully saturated rings. The molecule has 3 aromatic rings. The fourth-order valence-electron chi connectivity index (χ4n) is 3.04. The number of oxazole rings is 1. The minimum atomic E-state index is -1.02. The standard InChI is InChI=1S/C24H25FN2O5/c1-17-22(26-24(32-17)19-5-3-2-4-6-19)11-13-30-21-9-7-18(8-10-21)15-20(16-23(28)29)27-31-14-12-25/h2-10H,11-16H2,1H3,(H,28,29). The van der Waals surface area contributed by atoms with E-state index in [9.17, 15) is 9.18 Å². The molecule has 0 unspecified atom stereocenters. The summed E-state index contributed by atoms with van der Waals surface area (Å²) >= 11 is 0. The highest BCUT2D eigenvalue weighted by molar-refractivity contribution is 5.99. The maximum Gasteiger partial charge on any atom is 0.309 e. The number of aryl methyl sites for hydroxylation is 1. The Labute approximate surface area is 185 Å². The lowest BCUT2D eigenvalue weighted by molar-refractivity contribution is -0.135. The van der Waals surface area contributed by atoms with Gasteiger partial charge >= 0.3 is 5.97 Å². The van der Waals surface area contributed by atoms with E-state index in [1.807, 2.05) is 49.4 Å². The van der Waals surface area contributed by atoms with E-state index in [0.29, 0.717) is 36.8 Å². The molecule has 3 rings (SSSR count). The summed E-state index contributed by atoms with van der Waals surface area (Å²) in [6.07, 6.45) is 0.622. The molecule has 0 saturated carbocycles. The maximum absolute atomic E-state index is 12.2. The third-order valence-corrected chi connectivity index (χ3v) is 4.57. The van der Waals surface area contributed by atoms with Crippen LogP contribution in [0.1, 0.15) is 23.4 Å². The zero-order valence-corrected chi connectivity index (χ0v) is 17.8. The first-order chi connectivity index (χ1) is 15.5. The predicted molar refractivity (Wildman–Crippen MR) is 118 cm³/mol. The minimum Gasteiger partial charge on any atom is -0.493 e. The summed E-state index contributed by atoms with van der Waals surface area (Å²) in [5, 5.41) is 12.7. The van der Waals surface area contributed by atoms with E-state index in [1.165, 1.54) is 0 Å². The number of aromatic nitrogens is 1. The summed E-state index contributed by atoms with van der Waals surface area (Å²) in [5.74, 6) is 1.02. The number of alkyl halides is 1. The molecular formula is C24H25FN2O5. The molecule has 1 aromatic heterocycles. The van der Waals surface area contributed by atoms with Gasteiger partial charge in [0.05, 0.1) is 24.4 Å². The van der Waals surface area contributed by atoms with Gasteiger partial charge in [0, 0.05) is 18.4 Å². The maximum atomic E-state index is 12.2. The van der Waals surface area contributed by atoms with Crippen molar-refractivity contribution in [3.05, 3.63) is 71.6 Å². The molecule has 32 heavy (non-hydrogen) atoms. The fraction of sp³-hybridized carbons (Fsp3) is 0.292. The number of carboxylic acids is 1. The average molecular weight is 440 g/mol. The SMILES string of the molecule is Cc1oc(-c2ccccc2)nc1CCOc1ccc(CC(CC(=O)O)=NOCCF)cc1. The van der Waals surface area contributed by atoms with Crippen molar-refractivity contribution in [2.75, 3.05) is 19.9 Å². The molecule has 0 radical (unpaired) electrons. The van der Waals surface area contributed by atoms with Gasteiger partial charge in [0.1, 0.15) is 24.8 Å². The van der Waals surface area contributed by atoms with Crippen molar-refractivity contribution in [3.63, 3.8) is 0 Å². The number of carboxylic acid groups (broad SMARTS) is 1. The van der Waals surface area contributed by atoms with E-state index in [1.54, 1.807) is 12.1 Å². The Kier molecular flexibility index (Phi) is 8.36. The predicted octanol–water partition coefficient (Wildman–Crippen LogP) is 4.63. The fourth-order valence-corrected chi connectivity index (χ4v) is 3.04. The number of benzene rings is 2. The molecule has 7 nitrogen and oxygen atoms in total. The van der Waals surface area contributed by atoms with Gasteiger partial charge in [0.2, 0.25) is 5.89 Å². The van der Waals surface area contributed by atoms with Crippen LogP contribution in [0.2, 0.25) is 0 Å². The van der Waals surface area contributed by atoms with Crippen molar-refractivity contribution in [2.45, 2.75) is 26.2 Å². The Morgan fingerprint density at radius 2 is 1.88 bits per heavy atom. The van der Waals surface area contributed by atoms with Gasteiger partial charge in [-0.2, -0.15) is 0 Å². The molecule has 0 spiro atoms.